The summed E-state index contributed by atoms with van der Waals surface area (Å²) in [6.07, 6.45) is 7.68. The van der Waals surface area contributed by atoms with E-state index in [1.165, 1.54) is 19.1 Å². The van der Waals surface area contributed by atoms with Crippen LogP contribution in [-0.4, -0.2) is 36.1 Å². The summed E-state index contributed by atoms with van der Waals surface area (Å²) in [5.41, 5.74) is 0.908. The average Bonchev–Trinajstić information content (AvgIpc) is 3.50. The number of nitrogens with one attached hydrogen (secondary N) is 2. The molecule has 4 rings (SSSR count). The quantitative estimate of drug-likeness (QED) is 0.643. The molecule has 2 N–H and O–H groups in total. The molecule has 8 nitrogen and oxygen atoms in total. The highest BCUT2D eigenvalue weighted by atomic mass is 16.5. The lowest BCUT2D eigenvalue weighted by atomic mass is 9.99. The number of carbonyl (C=O) groups is 2. The van der Waals surface area contributed by atoms with Crippen LogP contribution in [0.2, 0.25) is 0 Å². The van der Waals surface area contributed by atoms with Crippen molar-refractivity contribution in [3.63, 3.8) is 0 Å². The number of rotatable bonds is 8. The summed E-state index contributed by atoms with van der Waals surface area (Å²) in [6, 6.07) is 6.57. The van der Waals surface area contributed by atoms with Crippen molar-refractivity contribution in [3.8, 4) is 0 Å². The molecule has 8 heteroatoms. The fourth-order valence-corrected chi connectivity index (χ4v) is 4.25. The summed E-state index contributed by atoms with van der Waals surface area (Å²) in [6.45, 7) is 3.01. The lowest BCUT2D eigenvalue weighted by Gasteiger charge is -2.33. The minimum absolute atomic E-state index is 0.243. The molecule has 160 valence electrons. The van der Waals surface area contributed by atoms with Crippen LogP contribution in [0.3, 0.4) is 0 Å². The fourth-order valence-electron chi connectivity index (χ4n) is 4.25. The summed E-state index contributed by atoms with van der Waals surface area (Å²) in [4.78, 5) is 27.6. The third-order valence-electron chi connectivity index (χ3n) is 5.62. The number of nitrogens with zero attached hydrogens (tertiary/aromatic N) is 1. The van der Waals surface area contributed by atoms with Gasteiger partial charge in [-0.1, -0.05) is 12.8 Å². The Morgan fingerprint density at radius 1 is 1.17 bits per heavy atom. The van der Waals surface area contributed by atoms with Crippen molar-refractivity contribution in [1.82, 2.24) is 15.5 Å². The van der Waals surface area contributed by atoms with Gasteiger partial charge in [-0.05, 0) is 44.0 Å². The maximum absolute atomic E-state index is 12.9. The normalized spacial score (nSPS) is 19.8. The second-order valence-electron chi connectivity index (χ2n) is 7.58. The number of ether oxygens (including phenoxy) is 1. The van der Waals surface area contributed by atoms with Crippen LogP contribution < -0.4 is 10.6 Å². The van der Waals surface area contributed by atoms with Crippen LogP contribution in [0.1, 0.15) is 50.2 Å². The summed E-state index contributed by atoms with van der Waals surface area (Å²) < 4.78 is 16.4. The average molecular weight is 413 g/mol. The van der Waals surface area contributed by atoms with Gasteiger partial charge in [0.2, 0.25) is 0 Å². The standard InChI is InChI=1S/C22H27N3O5/c1-2-28-21(26)19-17(23-22(27)24-20(19)18-10-6-12-30-18)14-25(15-7-3-4-8-15)13-16-9-5-11-29-16/h5-6,9-12,15,20H,2-4,7-8,13-14H2,1H3,(H2,23,24,27). The highest BCUT2D eigenvalue weighted by Crippen LogP contribution is 2.31. The van der Waals surface area contributed by atoms with Crippen molar-refractivity contribution >= 4 is 12.0 Å². The van der Waals surface area contributed by atoms with E-state index in [9.17, 15) is 9.59 Å². The van der Waals surface area contributed by atoms with E-state index in [2.05, 4.69) is 15.5 Å². The molecular weight excluding hydrogens is 386 g/mol. The Hall–Kier alpha value is -3.00. The number of urea groups is 1. The minimum atomic E-state index is -0.697. The first kappa shape index (κ1) is 20.3. The van der Waals surface area contributed by atoms with Crippen LogP contribution in [-0.2, 0) is 16.1 Å². The molecular formula is C22H27N3O5. The molecule has 0 aromatic carbocycles. The van der Waals surface area contributed by atoms with Crippen LogP contribution in [0.5, 0.6) is 0 Å². The maximum Gasteiger partial charge on any atom is 0.338 e. The van der Waals surface area contributed by atoms with Gasteiger partial charge < -0.3 is 24.2 Å². The Balaban J connectivity index is 1.69. The molecule has 0 radical (unpaired) electrons. The fraction of sp³-hybridized carbons (Fsp3) is 0.455. The van der Waals surface area contributed by atoms with Gasteiger partial charge in [-0.2, -0.15) is 0 Å². The highest BCUT2D eigenvalue weighted by Gasteiger charge is 2.36. The summed E-state index contributed by atoms with van der Waals surface area (Å²) >= 11 is 0. The molecule has 1 unspecified atom stereocenters. The van der Waals surface area contributed by atoms with Crippen molar-refractivity contribution < 1.29 is 23.2 Å². The van der Waals surface area contributed by atoms with Crippen molar-refractivity contribution in [2.24, 2.45) is 0 Å². The first-order chi connectivity index (χ1) is 14.7. The summed E-state index contributed by atoms with van der Waals surface area (Å²) in [7, 11) is 0. The zero-order valence-electron chi connectivity index (χ0n) is 17.1. The molecule has 1 aliphatic heterocycles. The predicted molar refractivity (Wildman–Crippen MR) is 108 cm³/mol. The summed E-state index contributed by atoms with van der Waals surface area (Å²) in [5.74, 6) is 0.873. The molecule has 0 spiro atoms. The predicted octanol–water partition coefficient (Wildman–Crippen LogP) is 3.49. The van der Waals surface area contributed by atoms with Crippen molar-refractivity contribution in [2.45, 2.75) is 51.2 Å². The van der Waals surface area contributed by atoms with Crippen LogP contribution in [0, 0.1) is 0 Å². The van der Waals surface area contributed by atoms with E-state index in [0.717, 1.165) is 18.6 Å². The molecule has 2 aromatic rings. The van der Waals surface area contributed by atoms with E-state index in [1.54, 1.807) is 25.3 Å². The van der Waals surface area contributed by atoms with E-state index >= 15 is 0 Å². The largest absolute Gasteiger partial charge is 0.468 e. The van der Waals surface area contributed by atoms with Crippen LogP contribution in [0.15, 0.2) is 56.9 Å². The number of esters is 1. The van der Waals surface area contributed by atoms with Gasteiger partial charge in [-0.25, -0.2) is 9.59 Å². The van der Waals surface area contributed by atoms with Gasteiger partial charge >= 0.3 is 12.0 Å². The molecule has 0 saturated heterocycles. The molecule has 30 heavy (non-hydrogen) atoms. The smallest absolute Gasteiger partial charge is 0.338 e. The number of hydrogen-bond acceptors (Lipinski definition) is 6. The van der Waals surface area contributed by atoms with Crippen LogP contribution >= 0.6 is 0 Å². The number of amides is 2. The SMILES string of the molecule is CCOC(=O)C1=C(CN(Cc2ccco2)C2CCCC2)NC(=O)NC1c1ccco1. The molecule has 0 bridgehead atoms. The molecule has 1 aliphatic carbocycles. The first-order valence-electron chi connectivity index (χ1n) is 10.4. The Kier molecular flexibility index (Phi) is 6.23. The molecule has 1 saturated carbocycles. The van der Waals surface area contributed by atoms with Crippen molar-refractivity contribution in [2.75, 3.05) is 13.2 Å². The van der Waals surface area contributed by atoms with E-state index < -0.39 is 12.0 Å². The van der Waals surface area contributed by atoms with E-state index in [0.29, 0.717) is 36.2 Å². The van der Waals surface area contributed by atoms with Gasteiger partial charge in [0.15, 0.2) is 0 Å². The highest BCUT2D eigenvalue weighted by molar-refractivity contribution is 5.95. The van der Waals surface area contributed by atoms with Crippen molar-refractivity contribution in [3.05, 3.63) is 59.6 Å². The van der Waals surface area contributed by atoms with Gasteiger partial charge in [0.1, 0.15) is 17.6 Å². The van der Waals surface area contributed by atoms with Crippen molar-refractivity contribution in [1.29, 1.82) is 0 Å². The molecule has 2 amide bonds. The Morgan fingerprint density at radius 3 is 2.60 bits per heavy atom. The number of carbonyl (C=O) groups excluding carboxylic acids is 2. The topological polar surface area (TPSA) is 97.0 Å². The summed E-state index contributed by atoms with van der Waals surface area (Å²) in [5, 5.41) is 5.63. The molecule has 1 atom stereocenters. The maximum atomic E-state index is 12.9. The second kappa shape index (κ2) is 9.21. The third kappa shape index (κ3) is 4.43. The first-order valence-corrected chi connectivity index (χ1v) is 10.4. The van der Waals surface area contributed by atoms with E-state index in [1.807, 2.05) is 12.1 Å². The number of furan rings is 2. The minimum Gasteiger partial charge on any atom is -0.468 e. The lowest BCUT2D eigenvalue weighted by Crippen LogP contribution is -2.49. The molecule has 2 aliphatic rings. The monoisotopic (exact) mass is 413 g/mol. The second-order valence-corrected chi connectivity index (χ2v) is 7.58. The van der Waals surface area contributed by atoms with Gasteiger partial charge in [-0.3, -0.25) is 4.90 Å². The zero-order chi connectivity index (χ0) is 20.9. The Morgan fingerprint density at radius 2 is 1.93 bits per heavy atom. The van der Waals surface area contributed by atoms with Gasteiger partial charge in [0.25, 0.3) is 0 Å². The van der Waals surface area contributed by atoms with Gasteiger partial charge in [0, 0.05) is 18.3 Å². The van der Waals surface area contributed by atoms with E-state index in [4.69, 9.17) is 13.6 Å². The number of hydrogen-bond donors (Lipinski definition) is 2. The third-order valence-corrected chi connectivity index (χ3v) is 5.62. The van der Waals surface area contributed by atoms with E-state index in [-0.39, 0.29) is 12.6 Å². The van der Waals surface area contributed by atoms with Crippen LogP contribution in [0.4, 0.5) is 4.79 Å². The van der Waals surface area contributed by atoms with Crippen LogP contribution in [0.25, 0.3) is 0 Å². The zero-order valence-corrected chi connectivity index (χ0v) is 17.1. The molecule has 3 heterocycles. The molecule has 1 fully saturated rings. The molecule has 2 aromatic heterocycles. The Labute approximate surface area is 175 Å². The van der Waals surface area contributed by atoms with Gasteiger partial charge in [0.05, 0.1) is 31.3 Å². The van der Waals surface area contributed by atoms with Gasteiger partial charge in [-0.15, -0.1) is 0 Å². The lowest BCUT2D eigenvalue weighted by molar-refractivity contribution is -0.139. The Bertz CT molecular complexity index is 882.